The maximum Gasteiger partial charge on any atom is 0.254 e. The molecule has 16 N–H and O–H groups in total. The molecule has 2 atom stereocenters. The predicted octanol–water partition coefficient (Wildman–Crippen LogP) is 11.1. The Morgan fingerprint density at radius 1 is 0.471 bits per heavy atom. The topological polar surface area (TPSA) is 368 Å². The van der Waals surface area contributed by atoms with Crippen molar-refractivity contribution in [3.8, 4) is 39.5 Å². The first-order valence-corrected chi connectivity index (χ1v) is 33.0. The summed E-state index contributed by atoms with van der Waals surface area (Å²) in [5, 5.41) is 32.9. The zero-order chi connectivity index (χ0) is 72.6. The number of aliphatic hydroxyl groups excluding tert-OH is 1. The molecule has 1 fully saturated rings. The Morgan fingerprint density at radius 2 is 0.892 bits per heavy atom. The van der Waals surface area contributed by atoms with Gasteiger partial charge >= 0.3 is 0 Å². The van der Waals surface area contributed by atoms with Crippen molar-refractivity contribution >= 4 is 52.9 Å². The lowest BCUT2D eigenvalue weighted by molar-refractivity contribution is 0.0942. The first kappa shape index (κ1) is 70.7. The molecule has 0 spiro atoms. The zero-order valence-electron chi connectivity index (χ0n) is 56.5. The quantitative estimate of drug-likeness (QED) is 0.0382. The highest BCUT2D eigenvalue weighted by atomic mass is 19.1. The summed E-state index contributed by atoms with van der Waals surface area (Å²) in [6.07, 6.45) is 4.04. The molecular formula is C78H77F2N15O7. The third-order valence-electron chi connectivity index (χ3n) is 18.4. The van der Waals surface area contributed by atoms with E-state index in [0.717, 1.165) is 104 Å². The average Bonchev–Trinajstić information content (AvgIpc) is 1.62. The standard InChI is InChI=1S/C28H27N5O3.C25H21F2N5O2.C25H29N5O2/c1-16-6-2-3-7-19(16)28(36)31-15-17-10-12-18(13-11-17)25-24(27(30)35)26(29)33(32-25)22-14-23(34)21-9-5-4-8-20(21)22;1-14-4-2-3-5-18(14)25(34)30-13-15-6-8-16(9-7-15)22-21(24(29)33)23(28)32(31-22)20-12-17(26)10-11-19(20)27;1-15-7-3-6-10-20(15)25(32)28-14-18-12-11-17(13-16(18)2)22-21(24(27)31)23(26)30(29-22)19-8-4-5-9-19/h2-13,22-23,34H,14-15,29H2,1H3,(H2,30,35)(H,31,36);2-12H,13,28H2,1H3,(H2,29,33)(H,30,34);3,6-7,10-13,19H,4-5,8-9,14,26H2,1-2H3,(H2,27,31)(H,28,32). The summed E-state index contributed by atoms with van der Waals surface area (Å²) in [5.74, 6) is -3.70. The molecular weight excluding hydrogens is 1300 g/mol. The number of carbonyl (C=O) groups excluding carboxylic acids is 6. The number of nitrogens with two attached hydrogens (primary N) is 6. The van der Waals surface area contributed by atoms with Gasteiger partial charge in [0.25, 0.3) is 35.4 Å². The van der Waals surface area contributed by atoms with E-state index in [1.807, 2.05) is 149 Å². The van der Waals surface area contributed by atoms with E-state index in [2.05, 4.69) is 26.1 Å². The number of rotatable bonds is 18. The van der Waals surface area contributed by atoms with Gasteiger partial charge in [-0.1, -0.05) is 152 Å². The number of nitrogens with zero attached hydrogens (tertiary/aromatic N) is 6. The number of benzene rings is 8. The van der Waals surface area contributed by atoms with E-state index in [0.29, 0.717) is 64.5 Å². The van der Waals surface area contributed by atoms with Gasteiger partial charge in [-0.25, -0.2) is 22.8 Å². The molecule has 13 rings (SSSR count). The molecule has 2 aliphatic carbocycles. The number of halogens is 2. The average molecular weight is 1370 g/mol. The number of hydrogen-bond donors (Lipinski definition) is 10. The van der Waals surface area contributed by atoms with Crippen LogP contribution in [0.5, 0.6) is 0 Å². The second-order valence-electron chi connectivity index (χ2n) is 25.2. The number of hydrogen-bond acceptors (Lipinski definition) is 13. The highest BCUT2D eigenvalue weighted by Crippen LogP contribution is 2.44. The number of amides is 6. The Hall–Kier alpha value is -12.6. The van der Waals surface area contributed by atoms with Crippen LogP contribution in [0.2, 0.25) is 0 Å². The van der Waals surface area contributed by atoms with Crippen LogP contribution in [0.3, 0.4) is 0 Å². The summed E-state index contributed by atoms with van der Waals surface area (Å²) in [6, 6.07) is 52.5. The first-order chi connectivity index (χ1) is 49.0. The van der Waals surface area contributed by atoms with Gasteiger partial charge in [-0.15, -0.1) is 0 Å². The lowest BCUT2D eigenvalue weighted by atomic mass is 10.0. The molecule has 102 heavy (non-hydrogen) atoms. The highest BCUT2D eigenvalue weighted by molar-refractivity contribution is 6.05. The fourth-order valence-corrected chi connectivity index (χ4v) is 12.9. The third kappa shape index (κ3) is 15.2. The van der Waals surface area contributed by atoms with Crippen LogP contribution in [0.4, 0.5) is 26.2 Å². The Labute approximate surface area is 586 Å². The third-order valence-corrected chi connectivity index (χ3v) is 18.4. The van der Waals surface area contributed by atoms with Crippen LogP contribution in [0.15, 0.2) is 182 Å². The molecule has 24 heteroatoms. The van der Waals surface area contributed by atoms with Gasteiger partial charge in [0.1, 0.15) is 68.5 Å². The summed E-state index contributed by atoms with van der Waals surface area (Å²) in [4.78, 5) is 74.1. The molecule has 8 aromatic carbocycles. The van der Waals surface area contributed by atoms with Crippen LogP contribution in [0, 0.1) is 39.3 Å². The van der Waals surface area contributed by atoms with Crippen LogP contribution >= 0.6 is 0 Å². The van der Waals surface area contributed by atoms with Crippen molar-refractivity contribution in [3.63, 3.8) is 0 Å². The van der Waals surface area contributed by atoms with E-state index in [9.17, 15) is 42.7 Å². The molecule has 3 aromatic heterocycles. The molecule has 3 heterocycles. The molecule has 2 unspecified atom stereocenters. The lowest BCUT2D eigenvalue weighted by Crippen LogP contribution is -2.24. The minimum atomic E-state index is -0.856. The van der Waals surface area contributed by atoms with Gasteiger partial charge in [-0.3, -0.25) is 28.8 Å². The van der Waals surface area contributed by atoms with E-state index in [4.69, 9.17) is 39.5 Å². The molecule has 22 nitrogen and oxygen atoms in total. The van der Waals surface area contributed by atoms with Crippen molar-refractivity contribution in [1.82, 2.24) is 45.3 Å². The number of fused-ring (bicyclic) bond motifs is 1. The van der Waals surface area contributed by atoms with E-state index in [-0.39, 0.29) is 76.1 Å². The Kier molecular flexibility index (Phi) is 21.3. The minimum Gasteiger partial charge on any atom is -0.388 e. The lowest BCUT2D eigenvalue weighted by Gasteiger charge is -2.14. The SMILES string of the molecule is Cc1cc(-c2nn(C3CCCC3)c(N)c2C(N)=O)ccc1CNC(=O)c1ccccc1C.Cc1ccccc1C(=O)NCc1ccc(-c2nn(-c3cc(F)ccc3F)c(N)c2C(N)=O)cc1.Cc1ccccc1C(=O)NCc1ccc(-c2nn(C3CC(O)c4ccccc43)c(N)c2C(N)=O)cc1. The van der Waals surface area contributed by atoms with Crippen LogP contribution in [-0.2, 0) is 19.6 Å². The smallest absolute Gasteiger partial charge is 0.254 e. The van der Waals surface area contributed by atoms with Gasteiger partial charge in [0, 0.05) is 65.5 Å². The molecule has 11 aromatic rings. The van der Waals surface area contributed by atoms with Gasteiger partial charge < -0.3 is 55.5 Å². The summed E-state index contributed by atoms with van der Waals surface area (Å²) >= 11 is 0. The maximum atomic E-state index is 14.3. The van der Waals surface area contributed by atoms with E-state index in [1.54, 1.807) is 51.8 Å². The van der Waals surface area contributed by atoms with E-state index in [1.165, 1.54) is 0 Å². The maximum absolute atomic E-state index is 14.3. The van der Waals surface area contributed by atoms with Gasteiger partial charge in [0.15, 0.2) is 0 Å². The van der Waals surface area contributed by atoms with Crippen molar-refractivity contribution in [3.05, 3.63) is 277 Å². The zero-order valence-corrected chi connectivity index (χ0v) is 56.5. The Bertz CT molecular complexity index is 5020. The molecule has 0 aliphatic heterocycles. The fraction of sp³-hybridized carbons (Fsp3) is 0.192. The summed E-state index contributed by atoms with van der Waals surface area (Å²) in [7, 11) is 0. The van der Waals surface area contributed by atoms with Crippen molar-refractivity contribution in [2.45, 2.75) is 97.6 Å². The summed E-state index contributed by atoms with van der Waals surface area (Å²) < 4.78 is 32.3. The van der Waals surface area contributed by atoms with Crippen LogP contribution < -0.4 is 50.4 Å². The number of aliphatic hydroxyl groups is 1. The van der Waals surface area contributed by atoms with Crippen LogP contribution in [0.25, 0.3) is 39.5 Å². The van der Waals surface area contributed by atoms with E-state index >= 15 is 0 Å². The molecule has 0 radical (unpaired) electrons. The van der Waals surface area contributed by atoms with Crippen LogP contribution in [0.1, 0.15) is 163 Å². The summed E-state index contributed by atoms with van der Waals surface area (Å²) in [5.41, 5.74) is 48.6. The second kappa shape index (κ2) is 30.7. The first-order valence-electron chi connectivity index (χ1n) is 33.0. The van der Waals surface area contributed by atoms with Gasteiger partial charge in [-0.05, 0) is 127 Å². The number of nitrogens with one attached hydrogen (secondary N) is 3. The Morgan fingerprint density at radius 3 is 1.38 bits per heavy atom. The molecule has 6 amide bonds. The number of primary amides is 3. The number of aromatic nitrogens is 6. The van der Waals surface area contributed by atoms with E-state index < -0.39 is 35.5 Å². The van der Waals surface area contributed by atoms with Crippen LogP contribution in [-0.4, -0.2) is 69.9 Å². The number of nitrogen functional groups attached to an aromatic ring is 3. The monoisotopic (exact) mass is 1370 g/mol. The van der Waals surface area contributed by atoms with Crippen molar-refractivity contribution in [1.29, 1.82) is 0 Å². The number of carbonyl (C=O) groups is 6. The van der Waals surface area contributed by atoms with Crippen molar-refractivity contribution < 1.29 is 42.7 Å². The van der Waals surface area contributed by atoms with Gasteiger partial charge in [-0.2, -0.15) is 15.3 Å². The summed E-state index contributed by atoms with van der Waals surface area (Å²) in [6.45, 7) is 8.68. The number of anilines is 3. The molecule has 520 valence electrons. The molecule has 1 saturated carbocycles. The van der Waals surface area contributed by atoms with Gasteiger partial charge in [0.2, 0.25) is 0 Å². The highest BCUT2D eigenvalue weighted by Gasteiger charge is 2.35. The molecule has 0 bridgehead atoms. The largest absolute Gasteiger partial charge is 0.388 e. The van der Waals surface area contributed by atoms with Gasteiger partial charge in [0.05, 0.1) is 18.2 Å². The Balaban J connectivity index is 0.000000154. The number of aryl methyl sites for hydroxylation is 4. The molecule has 2 aliphatic rings. The fourth-order valence-electron chi connectivity index (χ4n) is 12.9. The second-order valence-corrected chi connectivity index (χ2v) is 25.2. The molecule has 0 saturated heterocycles. The van der Waals surface area contributed by atoms with Crippen molar-refractivity contribution in [2.24, 2.45) is 17.2 Å². The predicted molar refractivity (Wildman–Crippen MR) is 386 cm³/mol. The normalized spacial score (nSPS) is 13.8. The van der Waals surface area contributed by atoms with Crippen molar-refractivity contribution in [2.75, 3.05) is 17.2 Å². The minimum absolute atomic E-state index is 0.106.